The molecule has 0 unspecified atom stereocenters. The molecule has 4 aromatic rings. The molecule has 0 aliphatic heterocycles. The van der Waals surface area contributed by atoms with Gasteiger partial charge in [-0.05, 0) is 61.0 Å². The smallest absolute Gasteiger partial charge is 0.293 e. The number of nitrogens with zero attached hydrogens (tertiary/aromatic N) is 3. The Morgan fingerprint density at radius 3 is 2.59 bits per heavy atom. The monoisotopic (exact) mass is 491 g/mol. The first-order chi connectivity index (χ1) is 16.4. The van der Waals surface area contributed by atoms with Crippen LogP contribution in [0.2, 0.25) is 0 Å². The first-order valence-corrected chi connectivity index (χ1v) is 12.2. The van der Waals surface area contributed by atoms with Gasteiger partial charge in [0.05, 0.1) is 0 Å². The van der Waals surface area contributed by atoms with Crippen molar-refractivity contribution in [1.82, 2.24) is 20.2 Å². The van der Waals surface area contributed by atoms with Crippen LogP contribution in [0, 0.1) is 13.8 Å². The van der Waals surface area contributed by atoms with Gasteiger partial charge >= 0.3 is 0 Å². The Kier molecular flexibility index (Phi) is 7.44. The normalized spacial score (nSPS) is 10.8. The standard InChI is InChI=1S/C25H25N5O2S2/c1-4-22-27-28-25(34-15-18-8-6-5-7-9-18)30(22)29-24(33)26-23(31)21-13-12-20(32-21)19-11-10-16(2)17(3)14-19/h5-14H,4,15H2,1-3H3,(H2,26,29,31,33). The summed E-state index contributed by atoms with van der Waals surface area (Å²) in [6.07, 6.45) is 0.653. The maximum absolute atomic E-state index is 12.7. The molecule has 2 aromatic carbocycles. The molecular formula is C25H25N5O2S2. The molecule has 0 radical (unpaired) electrons. The quantitative estimate of drug-likeness (QED) is 0.269. The molecule has 2 heterocycles. The van der Waals surface area contributed by atoms with Crippen molar-refractivity contribution >= 4 is 35.0 Å². The molecule has 2 aromatic heterocycles. The summed E-state index contributed by atoms with van der Waals surface area (Å²) >= 11 is 6.92. The molecule has 0 bridgehead atoms. The number of carbonyl (C=O) groups excluding carboxylic acids is 1. The van der Waals surface area contributed by atoms with Crippen LogP contribution in [0.25, 0.3) is 11.3 Å². The summed E-state index contributed by atoms with van der Waals surface area (Å²) in [6, 6.07) is 19.6. The number of rotatable bonds is 7. The van der Waals surface area contributed by atoms with Gasteiger partial charge in [0.1, 0.15) is 5.76 Å². The van der Waals surface area contributed by atoms with E-state index in [4.69, 9.17) is 16.6 Å². The first kappa shape index (κ1) is 23.7. The molecule has 0 fully saturated rings. The molecule has 9 heteroatoms. The van der Waals surface area contributed by atoms with Crippen LogP contribution in [0.4, 0.5) is 0 Å². The van der Waals surface area contributed by atoms with Crippen LogP contribution in [0.3, 0.4) is 0 Å². The van der Waals surface area contributed by atoms with E-state index in [-0.39, 0.29) is 10.9 Å². The van der Waals surface area contributed by atoms with Crippen LogP contribution in [0.1, 0.15) is 40.0 Å². The van der Waals surface area contributed by atoms with Gasteiger partial charge in [0.25, 0.3) is 5.91 Å². The Bertz CT molecular complexity index is 1310. The van der Waals surface area contributed by atoms with Crippen LogP contribution < -0.4 is 10.7 Å². The van der Waals surface area contributed by atoms with Crippen molar-refractivity contribution in [2.45, 2.75) is 38.1 Å². The van der Waals surface area contributed by atoms with E-state index in [1.54, 1.807) is 16.8 Å². The second-order valence-electron chi connectivity index (χ2n) is 7.72. The van der Waals surface area contributed by atoms with Gasteiger partial charge in [-0.1, -0.05) is 61.2 Å². The topological polar surface area (TPSA) is 85.0 Å². The predicted octanol–water partition coefficient (Wildman–Crippen LogP) is 5.27. The number of aryl methyl sites for hydroxylation is 3. The van der Waals surface area contributed by atoms with E-state index >= 15 is 0 Å². The van der Waals surface area contributed by atoms with Crippen molar-refractivity contribution in [2.75, 3.05) is 5.43 Å². The molecular weight excluding hydrogens is 466 g/mol. The number of nitrogens with one attached hydrogen (secondary N) is 2. The minimum atomic E-state index is -0.433. The van der Waals surface area contributed by atoms with Gasteiger partial charge in [0.15, 0.2) is 16.7 Å². The van der Waals surface area contributed by atoms with Crippen molar-refractivity contribution in [3.63, 3.8) is 0 Å². The van der Waals surface area contributed by atoms with E-state index in [1.165, 1.54) is 22.9 Å². The van der Waals surface area contributed by atoms with E-state index in [0.717, 1.165) is 16.9 Å². The maximum Gasteiger partial charge on any atom is 0.293 e. The molecule has 2 N–H and O–H groups in total. The van der Waals surface area contributed by atoms with E-state index in [0.29, 0.717) is 23.2 Å². The summed E-state index contributed by atoms with van der Waals surface area (Å²) in [7, 11) is 0. The number of carbonyl (C=O) groups is 1. The molecule has 174 valence electrons. The molecule has 0 aliphatic carbocycles. The Morgan fingerprint density at radius 2 is 1.85 bits per heavy atom. The van der Waals surface area contributed by atoms with Crippen molar-refractivity contribution in [3.8, 4) is 11.3 Å². The van der Waals surface area contributed by atoms with Gasteiger partial charge in [-0.2, -0.15) is 0 Å². The number of hydrogen-bond acceptors (Lipinski definition) is 6. The van der Waals surface area contributed by atoms with Crippen LogP contribution in [0.5, 0.6) is 0 Å². The molecule has 7 nitrogen and oxygen atoms in total. The van der Waals surface area contributed by atoms with Crippen molar-refractivity contribution < 1.29 is 9.21 Å². The minimum Gasteiger partial charge on any atom is -0.451 e. The third-order valence-corrected chi connectivity index (χ3v) is 6.48. The second kappa shape index (κ2) is 10.7. The highest BCUT2D eigenvalue weighted by Crippen LogP contribution is 2.25. The van der Waals surface area contributed by atoms with E-state index < -0.39 is 5.91 Å². The Morgan fingerprint density at radius 1 is 1.06 bits per heavy atom. The molecule has 4 rings (SSSR count). The molecule has 34 heavy (non-hydrogen) atoms. The number of thioether (sulfide) groups is 1. The predicted molar refractivity (Wildman–Crippen MR) is 138 cm³/mol. The van der Waals surface area contributed by atoms with Crippen LogP contribution in [-0.4, -0.2) is 25.9 Å². The van der Waals surface area contributed by atoms with Crippen LogP contribution in [-0.2, 0) is 12.2 Å². The summed E-state index contributed by atoms with van der Waals surface area (Å²) in [6.45, 7) is 6.08. The summed E-state index contributed by atoms with van der Waals surface area (Å²) in [4.78, 5) is 12.7. The van der Waals surface area contributed by atoms with Gasteiger partial charge in [0.2, 0.25) is 5.16 Å². The highest BCUT2D eigenvalue weighted by Gasteiger charge is 2.17. The van der Waals surface area contributed by atoms with E-state index in [2.05, 4.69) is 40.0 Å². The van der Waals surface area contributed by atoms with Gasteiger partial charge in [-0.3, -0.25) is 15.5 Å². The summed E-state index contributed by atoms with van der Waals surface area (Å²) < 4.78 is 7.49. The number of furan rings is 1. The minimum absolute atomic E-state index is 0.130. The third-order valence-electron chi connectivity index (χ3n) is 5.29. The maximum atomic E-state index is 12.7. The van der Waals surface area contributed by atoms with Gasteiger partial charge in [-0.15, -0.1) is 10.2 Å². The lowest BCUT2D eigenvalue weighted by Gasteiger charge is -2.13. The average Bonchev–Trinajstić information content (AvgIpc) is 3.48. The van der Waals surface area contributed by atoms with Crippen LogP contribution in [0.15, 0.2) is 70.2 Å². The second-order valence-corrected chi connectivity index (χ2v) is 9.07. The third kappa shape index (κ3) is 5.55. The zero-order valence-electron chi connectivity index (χ0n) is 19.2. The summed E-state index contributed by atoms with van der Waals surface area (Å²) in [5, 5.41) is 12.0. The molecule has 0 saturated carbocycles. The molecule has 0 spiro atoms. The molecule has 0 saturated heterocycles. The van der Waals surface area contributed by atoms with Gasteiger partial charge in [0, 0.05) is 17.7 Å². The summed E-state index contributed by atoms with van der Waals surface area (Å²) in [5.41, 5.74) is 7.48. The number of benzene rings is 2. The molecule has 0 atom stereocenters. The van der Waals surface area contributed by atoms with Crippen molar-refractivity contribution in [3.05, 3.63) is 88.9 Å². The molecule has 1 amide bonds. The SMILES string of the molecule is CCc1nnc(SCc2ccccc2)n1NC(=S)NC(=O)c1ccc(-c2ccc(C)c(C)c2)o1. The van der Waals surface area contributed by atoms with Crippen LogP contribution >= 0.6 is 24.0 Å². The average molecular weight is 492 g/mol. The fourth-order valence-corrected chi connectivity index (χ4v) is 4.31. The first-order valence-electron chi connectivity index (χ1n) is 10.9. The van der Waals surface area contributed by atoms with Crippen molar-refractivity contribution in [1.29, 1.82) is 0 Å². The Labute approximate surface area is 207 Å². The van der Waals surface area contributed by atoms with E-state index in [9.17, 15) is 4.79 Å². The summed E-state index contributed by atoms with van der Waals surface area (Å²) in [5.74, 6) is 1.81. The number of hydrogen-bond donors (Lipinski definition) is 2. The van der Waals surface area contributed by atoms with E-state index in [1.807, 2.05) is 50.2 Å². The zero-order valence-corrected chi connectivity index (χ0v) is 20.8. The van der Waals surface area contributed by atoms with Gasteiger partial charge in [-0.25, -0.2) is 4.68 Å². The number of aromatic nitrogens is 3. The Hall–Kier alpha value is -3.43. The molecule has 0 aliphatic rings. The number of thiocarbonyl (C=S) groups is 1. The highest BCUT2D eigenvalue weighted by molar-refractivity contribution is 7.98. The lowest BCUT2D eigenvalue weighted by molar-refractivity contribution is 0.0951. The highest BCUT2D eigenvalue weighted by atomic mass is 32.2. The lowest BCUT2D eigenvalue weighted by atomic mass is 10.1. The number of amides is 1. The lowest BCUT2D eigenvalue weighted by Crippen LogP contribution is -2.38. The van der Waals surface area contributed by atoms with Gasteiger partial charge < -0.3 is 4.42 Å². The largest absolute Gasteiger partial charge is 0.451 e. The fraction of sp³-hybridized carbons (Fsp3) is 0.200. The van der Waals surface area contributed by atoms with Crippen molar-refractivity contribution in [2.24, 2.45) is 0 Å². The zero-order chi connectivity index (χ0) is 24.1. The fourth-order valence-electron chi connectivity index (χ4n) is 3.26. The Balaban J connectivity index is 1.41.